The van der Waals surface area contributed by atoms with Crippen LogP contribution in [0, 0.1) is 28.6 Å². The molecule has 0 aliphatic carbocycles. The highest BCUT2D eigenvalue weighted by atomic mass is 32.2. The van der Waals surface area contributed by atoms with Gasteiger partial charge in [0, 0.05) is 11.9 Å². The molecule has 0 radical (unpaired) electrons. The smallest absolute Gasteiger partial charge is 0.134 e. The van der Waals surface area contributed by atoms with Crippen LogP contribution in [0.2, 0.25) is 0 Å². The lowest BCUT2D eigenvalue weighted by atomic mass is 10.1. The summed E-state index contributed by atoms with van der Waals surface area (Å²) in [7, 11) is 0. The van der Waals surface area contributed by atoms with E-state index in [1.807, 2.05) is 18.2 Å². The fraction of sp³-hybridized carbons (Fsp3) is 0.333. The molecule has 0 fully saturated rings. The summed E-state index contributed by atoms with van der Waals surface area (Å²) in [5.74, 6) is 0.198. The van der Waals surface area contributed by atoms with Crippen molar-refractivity contribution in [2.75, 3.05) is 5.75 Å². The largest absolute Gasteiger partial charge is 0.197 e. The first kappa shape index (κ1) is 10.5. The quantitative estimate of drug-likeness (QED) is 0.697. The van der Waals surface area contributed by atoms with Crippen molar-refractivity contribution in [2.24, 2.45) is 5.92 Å². The van der Waals surface area contributed by atoms with Gasteiger partial charge in [-0.05, 0) is 18.6 Å². The number of hydrogen-bond acceptors (Lipinski definition) is 5. The molecular weight excluding hydrogens is 196 g/mol. The molecule has 0 bridgehead atoms. The first-order valence-electron chi connectivity index (χ1n) is 4.06. The molecule has 0 saturated carbocycles. The Morgan fingerprint density at radius 2 is 2.21 bits per heavy atom. The zero-order valence-electron chi connectivity index (χ0n) is 7.42. The van der Waals surface area contributed by atoms with Crippen LogP contribution in [0.4, 0.5) is 0 Å². The molecule has 0 saturated heterocycles. The van der Waals surface area contributed by atoms with Crippen molar-refractivity contribution in [3.63, 3.8) is 0 Å². The Labute approximate surface area is 86.6 Å². The van der Waals surface area contributed by atoms with Crippen LogP contribution in [0.25, 0.3) is 0 Å². The molecule has 1 aromatic heterocycles. The van der Waals surface area contributed by atoms with Crippen LogP contribution >= 0.6 is 11.8 Å². The molecule has 5 heteroatoms. The molecule has 0 amide bonds. The molecule has 14 heavy (non-hydrogen) atoms. The monoisotopic (exact) mass is 204 g/mol. The first-order valence-corrected chi connectivity index (χ1v) is 5.05. The van der Waals surface area contributed by atoms with Gasteiger partial charge < -0.3 is 0 Å². The molecule has 0 aliphatic rings. The van der Waals surface area contributed by atoms with Gasteiger partial charge >= 0.3 is 0 Å². The van der Waals surface area contributed by atoms with E-state index in [1.54, 1.807) is 12.3 Å². The average molecular weight is 204 g/mol. The highest BCUT2D eigenvalue weighted by molar-refractivity contribution is 7.99. The summed E-state index contributed by atoms with van der Waals surface area (Å²) in [5.41, 5.74) is 0. The average Bonchev–Trinajstić information content (AvgIpc) is 2.26. The van der Waals surface area contributed by atoms with Gasteiger partial charge in [0.15, 0.2) is 0 Å². The van der Waals surface area contributed by atoms with Gasteiger partial charge in [0.1, 0.15) is 10.9 Å². The zero-order valence-corrected chi connectivity index (χ0v) is 8.24. The van der Waals surface area contributed by atoms with E-state index in [0.29, 0.717) is 12.2 Å². The molecule has 0 atom stereocenters. The van der Waals surface area contributed by atoms with Crippen molar-refractivity contribution in [3.05, 3.63) is 18.3 Å². The molecule has 4 nitrogen and oxygen atoms in total. The molecule has 0 aliphatic heterocycles. The van der Waals surface area contributed by atoms with E-state index < -0.39 is 5.92 Å². The SMILES string of the molecule is N#CC(C#N)CCSc1cccnn1. The van der Waals surface area contributed by atoms with Gasteiger partial charge in [-0.3, -0.25) is 0 Å². The van der Waals surface area contributed by atoms with Crippen LogP contribution in [-0.2, 0) is 0 Å². The van der Waals surface area contributed by atoms with Gasteiger partial charge in [-0.25, -0.2) is 0 Å². The highest BCUT2D eigenvalue weighted by Gasteiger charge is 2.05. The van der Waals surface area contributed by atoms with Crippen LogP contribution in [0.1, 0.15) is 6.42 Å². The Bertz CT molecular complexity index is 337. The Kier molecular flexibility index (Phi) is 4.46. The van der Waals surface area contributed by atoms with Crippen molar-refractivity contribution >= 4 is 11.8 Å². The van der Waals surface area contributed by atoms with E-state index in [2.05, 4.69) is 10.2 Å². The first-order chi connectivity index (χ1) is 6.86. The van der Waals surface area contributed by atoms with Gasteiger partial charge in [-0.1, -0.05) is 0 Å². The van der Waals surface area contributed by atoms with Gasteiger partial charge in [0.2, 0.25) is 0 Å². The van der Waals surface area contributed by atoms with Crippen LogP contribution in [-0.4, -0.2) is 16.0 Å². The fourth-order valence-electron chi connectivity index (χ4n) is 0.804. The summed E-state index contributed by atoms with van der Waals surface area (Å²) < 4.78 is 0. The summed E-state index contributed by atoms with van der Waals surface area (Å²) >= 11 is 1.50. The van der Waals surface area contributed by atoms with E-state index in [1.165, 1.54) is 11.8 Å². The lowest BCUT2D eigenvalue weighted by Crippen LogP contribution is -1.95. The molecule has 0 unspecified atom stereocenters. The second-order valence-electron chi connectivity index (χ2n) is 2.51. The highest BCUT2D eigenvalue weighted by Crippen LogP contribution is 2.16. The van der Waals surface area contributed by atoms with Gasteiger partial charge in [0.25, 0.3) is 0 Å². The number of nitrogens with zero attached hydrogens (tertiary/aromatic N) is 4. The number of rotatable bonds is 4. The van der Waals surface area contributed by atoms with Gasteiger partial charge in [-0.15, -0.1) is 16.9 Å². The van der Waals surface area contributed by atoms with Crippen molar-refractivity contribution in [2.45, 2.75) is 11.4 Å². The van der Waals surface area contributed by atoms with Crippen LogP contribution in [0.5, 0.6) is 0 Å². The lowest BCUT2D eigenvalue weighted by Gasteiger charge is -1.98. The number of hydrogen-bond donors (Lipinski definition) is 0. The third-order valence-corrected chi connectivity index (χ3v) is 2.47. The topological polar surface area (TPSA) is 73.4 Å². The maximum atomic E-state index is 8.51. The van der Waals surface area contributed by atoms with E-state index in [0.717, 1.165) is 5.03 Å². The number of aromatic nitrogens is 2. The van der Waals surface area contributed by atoms with Crippen LogP contribution in [0.3, 0.4) is 0 Å². The molecule has 0 aromatic carbocycles. The van der Waals surface area contributed by atoms with Crippen LogP contribution < -0.4 is 0 Å². The maximum absolute atomic E-state index is 8.51. The number of thioether (sulfide) groups is 1. The van der Waals surface area contributed by atoms with E-state index in [4.69, 9.17) is 10.5 Å². The van der Waals surface area contributed by atoms with Crippen LogP contribution in [0.15, 0.2) is 23.4 Å². The summed E-state index contributed by atoms with van der Waals surface area (Å²) in [4.78, 5) is 0. The Morgan fingerprint density at radius 1 is 1.43 bits per heavy atom. The third-order valence-electron chi connectivity index (χ3n) is 1.52. The van der Waals surface area contributed by atoms with E-state index in [-0.39, 0.29) is 0 Å². The fourth-order valence-corrected chi connectivity index (χ4v) is 1.65. The van der Waals surface area contributed by atoms with E-state index >= 15 is 0 Å². The third kappa shape index (κ3) is 3.42. The summed E-state index contributed by atoms with van der Waals surface area (Å²) in [6, 6.07) is 7.51. The van der Waals surface area contributed by atoms with Crippen molar-refractivity contribution in [1.29, 1.82) is 10.5 Å². The predicted molar refractivity (Wildman–Crippen MR) is 52.1 cm³/mol. The molecule has 1 heterocycles. The summed E-state index contributed by atoms with van der Waals surface area (Å²) in [6.45, 7) is 0. The maximum Gasteiger partial charge on any atom is 0.134 e. The van der Waals surface area contributed by atoms with E-state index in [9.17, 15) is 0 Å². The van der Waals surface area contributed by atoms with Crippen molar-refractivity contribution < 1.29 is 0 Å². The Morgan fingerprint density at radius 3 is 2.79 bits per heavy atom. The molecule has 1 aromatic rings. The normalized spacial score (nSPS) is 9.36. The zero-order chi connectivity index (χ0) is 10.2. The minimum Gasteiger partial charge on any atom is -0.197 e. The van der Waals surface area contributed by atoms with Crippen molar-refractivity contribution in [1.82, 2.24) is 10.2 Å². The standard InChI is InChI=1S/C9H8N4S/c10-6-8(7-11)3-5-14-9-2-1-4-12-13-9/h1-2,4,8H,3,5H2. The molecule has 1 rings (SSSR count). The summed E-state index contributed by atoms with van der Waals surface area (Å²) in [5, 5.41) is 25.4. The molecule has 0 spiro atoms. The molecule has 70 valence electrons. The Balaban J connectivity index is 2.30. The minimum atomic E-state index is -0.515. The van der Waals surface area contributed by atoms with Gasteiger partial charge in [-0.2, -0.15) is 15.6 Å². The van der Waals surface area contributed by atoms with Gasteiger partial charge in [0.05, 0.1) is 12.1 Å². The van der Waals surface area contributed by atoms with Crippen molar-refractivity contribution in [3.8, 4) is 12.1 Å². The lowest BCUT2D eigenvalue weighted by molar-refractivity contribution is 0.809. The molecule has 0 N–H and O–H groups in total. The summed E-state index contributed by atoms with van der Waals surface area (Å²) in [6.07, 6.45) is 2.17. The minimum absolute atomic E-state index is 0.515. The number of nitriles is 2. The second kappa shape index (κ2) is 5.95. The second-order valence-corrected chi connectivity index (χ2v) is 3.63. The predicted octanol–water partition coefficient (Wildman–Crippen LogP) is 1.62. The molecular formula is C9H8N4S. The Hall–Kier alpha value is -1.59.